The summed E-state index contributed by atoms with van der Waals surface area (Å²) in [6, 6.07) is 1.75. The summed E-state index contributed by atoms with van der Waals surface area (Å²) in [6.45, 7) is 4.52. The monoisotopic (exact) mass is 210 g/mol. The number of rotatable bonds is 6. The van der Waals surface area contributed by atoms with Crippen LogP contribution >= 0.6 is 0 Å². The Kier molecular flexibility index (Phi) is 4.56. The molecule has 1 aromatic rings. The minimum atomic E-state index is -0.00662. The van der Waals surface area contributed by atoms with Crippen molar-refractivity contribution in [2.24, 2.45) is 5.92 Å². The SMILES string of the molecule is CCc1occc1C(=O)C(C)CCOC. The third-order valence-electron chi connectivity index (χ3n) is 2.53. The molecule has 1 rings (SSSR count). The second-order valence-corrected chi connectivity index (χ2v) is 3.66. The lowest BCUT2D eigenvalue weighted by molar-refractivity contribution is 0.0891. The molecule has 3 nitrogen and oxygen atoms in total. The molecule has 0 saturated carbocycles. The minimum absolute atomic E-state index is 0.00662. The number of carbonyl (C=O) groups excluding carboxylic acids is 1. The Labute approximate surface area is 90.4 Å². The van der Waals surface area contributed by atoms with Crippen LogP contribution in [0.2, 0.25) is 0 Å². The fourth-order valence-corrected chi connectivity index (χ4v) is 1.53. The topological polar surface area (TPSA) is 39.4 Å². The van der Waals surface area contributed by atoms with Gasteiger partial charge < -0.3 is 9.15 Å². The fraction of sp³-hybridized carbons (Fsp3) is 0.583. The molecule has 15 heavy (non-hydrogen) atoms. The van der Waals surface area contributed by atoms with E-state index in [2.05, 4.69) is 0 Å². The molecule has 0 N–H and O–H groups in total. The number of ketones is 1. The molecule has 1 aromatic heterocycles. The zero-order valence-corrected chi connectivity index (χ0v) is 9.58. The highest BCUT2D eigenvalue weighted by Gasteiger charge is 2.19. The zero-order chi connectivity index (χ0) is 11.3. The molecule has 1 atom stereocenters. The third kappa shape index (κ3) is 2.93. The number of Topliss-reactive ketones (excluding diaryl/α,β-unsaturated/α-hetero) is 1. The molecular weight excluding hydrogens is 192 g/mol. The average Bonchev–Trinajstić information content (AvgIpc) is 2.72. The Morgan fingerprint density at radius 1 is 1.60 bits per heavy atom. The van der Waals surface area contributed by atoms with Crippen molar-refractivity contribution in [1.29, 1.82) is 0 Å². The predicted molar refractivity (Wildman–Crippen MR) is 58.1 cm³/mol. The van der Waals surface area contributed by atoms with Crippen molar-refractivity contribution < 1.29 is 13.9 Å². The van der Waals surface area contributed by atoms with Gasteiger partial charge in [0.05, 0.1) is 11.8 Å². The molecule has 3 heteroatoms. The first kappa shape index (κ1) is 12.0. The summed E-state index contributed by atoms with van der Waals surface area (Å²) in [4.78, 5) is 12.0. The largest absolute Gasteiger partial charge is 0.469 e. The first-order valence-electron chi connectivity index (χ1n) is 5.30. The van der Waals surface area contributed by atoms with Gasteiger partial charge in [-0.1, -0.05) is 13.8 Å². The van der Waals surface area contributed by atoms with Gasteiger partial charge in [0, 0.05) is 26.1 Å². The Morgan fingerprint density at radius 2 is 2.33 bits per heavy atom. The zero-order valence-electron chi connectivity index (χ0n) is 9.58. The highest BCUT2D eigenvalue weighted by Crippen LogP contribution is 2.17. The minimum Gasteiger partial charge on any atom is -0.469 e. The maximum Gasteiger partial charge on any atom is 0.169 e. The molecule has 84 valence electrons. The molecule has 0 aliphatic heterocycles. The quantitative estimate of drug-likeness (QED) is 0.678. The summed E-state index contributed by atoms with van der Waals surface area (Å²) < 4.78 is 10.2. The highest BCUT2D eigenvalue weighted by molar-refractivity contribution is 5.98. The molecule has 0 amide bonds. The Bertz CT molecular complexity index is 314. The standard InChI is InChI=1S/C12H18O3/c1-4-11-10(6-8-15-11)12(13)9(2)5-7-14-3/h6,8-9H,4-5,7H2,1-3H3. The van der Waals surface area contributed by atoms with Crippen molar-refractivity contribution in [3.05, 3.63) is 23.7 Å². The third-order valence-corrected chi connectivity index (χ3v) is 2.53. The summed E-state index contributed by atoms with van der Waals surface area (Å²) in [5.41, 5.74) is 0.723. The average molecular weight is 210 g/mol. The van der Waals surface area contributed by atoms with Crippen LogP contribution in [0, 0.1) is 5.92 Å². The van der Waals surface area contributed by atoms with Gasteiger partial charge in [0.15, 0.2) is 5.78 Å². The first-order chi connectivity index (χ1) is 7.20. The van der Waals surface area contributed by atoms with Crippen molar-refractivity contribution in [3.63, 3.8) is 0 Å². The summed E-state index contributed by atoms with van der Waals surface area (Å²) in [6.07, 6.45) is 3.09. The van der Waals surface area contributed by atoms with Crippen LogP contribution in [-0.2, 0) is 11.2 Å². The van der Waals surface area contributed by atoms with Crippen LogP contribution in [0.3, 0.4) is 0 Å². The molecule has 0 spiro atoms. The number of carbonyl (C=O) groups is 1. The second kappa shape index (κ2) is 5.71. The number of hydrogen-bond donors (Lipinski definition) is 0. The second-order valence-electron chi connectivity index (χ2n) is 3.66. The summed E-state index contributed by atoms with van der Waals surface area (Å²) in [5.74, 6) is 0.926. The van der Waals surface area contributed by atoms with Crippen molar-refractivity contribution in [2.75, 3.05) is 13.7 Å². The van der Waals surface area contributed by atoms with E-state index in [4.69, 9.17) is 9.15 Å². The normalized spacial score (nSPS) is 12.7. The van der Waals surface area contributed by atoms with Gasteiger partial charge in [0.25, 0.3) is 0 Å². The Morgan fingerprint density at radius 3 is 2.93 bits per heavy atom. The van der Waals surface area contributed by atoms with Gasteiger partial charge in [-0.25, -0.2) is 0 Å². The highest BCUT2D eigenvalue weighted by atomic mass is 16.5. The molecule has 0 saturated heterocycles. The Balaban J connectivity index is 2.67. The smallest absolute Gasteiger partial charge is 0.169 e. The van der Waals surface area contributed by atoms with E-state index in [1.54, 1.807) is 19.4 Å². The van der Waals surface area contributed by atoms with E-state index < -0.39 is 0 Å². The molecule has 1 heterocycles. The van der Waals surface area contributed by atoms with Gasteiger partial charge in [-0.2, -0.15) is 0 Å². The number of ether oxygens (including phenoxy) is 1. The van der Waals surface area contributed by atoms with E-state index >= 15 is 0 Å². The molecule has 0 fully saturated rings. The lowest BCUT2D eigenvalue weighted by Gasteiger charge is -2.08. The lowest BCUT2D eigenvalue weighted by Crippen LogP contribution is -2.14. The van der Waals surface area contributed by atoms with E-state index in [-0.39, 0.29) is 11.7 Å². The molecule has 0 aliphatic rings. The van der Waals surface area contributed by atoms with Crippen molar-refractivity contribution in [3.8, 4) is 0 Å². The van der Waals surface area contributed by atoms with Gasteiger partial charge in [0.1, 0.15) is 5.76 Å². The molecule has 0 bridgehead atoms. The summed E-state index contributed by atoms with van der Waals surface area (Å²) in [5, 5.41) is 0. The van der Waals surface area contributed by atoms with Gasteiger partial charge >= 0.3 is 0 Å². The van der Waals surface area contributed by atoms with E-state index in [0.717, 1.165) is 24.2 Å². The molecule has 1 unspecified atom stereocenters. The Hall–Kier alpha value is -1.09. The van der Waals surface area contributed by atoms with E-state index in [1.807, 2.05) is 13.8 Å². The molecule has 0 aliphatic carbocycles. The number of aryl methyl sites for hydroxylation is 1. The lowest BCUT2D eigenvalue weighted by atomic mass is 9.96. The van der Waals surface area contributed by atoms with Crippen LogP contribution in [0.5, 0.6) is 0 Å². The van der Waals surface area contributed by atoms with Gasteiger partial charge in [-0.15, -0.1) is 0 Å². The van der Waals surface area contributed by atoms with Gasteiger partial charge in [-0.05, 0) is 12.5 Å². The predicted octanol–water partition coefficient (Wildman–Crippen LogP) is 2.70. The van der Waals surface area contributed by atoms with E-state index in [1.165, 1.54) is 0 Å². The van der Waals surface area contributed by atoms with Crippen molar-refractivity contribution in [2.45, 2.75) is 26.7 Å². The van der Waals surface area contributed by atoms with Crippen LogP contribution in [0.15, 0.2) is 16.7 Å². The number of methoxy groups -OCH3 is 1. The molecular formula is C12H18O3. The number of hydrogen-bond acceptors (Lipinski definition) is 3. The maximum atomic E-state index is 12.0. The first-order valence-corrected chi connectivity index (χ1v) is 5.30. The van der Waals surface area contributed by atoms with Crippen molar-refractivity contribution in [1.82, 2.24) is 0 Å². The van der Waals surface area contributed by atoms with Crippen LogP contribution in [0.25, 0.3) is 0 Å². The van der Waals surface area contributed by atoms with Crippen LogP contribution in [-0.4, -0.2) is 19.5 Å². The number of furan rings is 1. The van der Waals surface area contributed by atoms with Crippen LogP contribution in [0.1, 0.15) is 36.4 Å². The molecule has 0 radical (unpaired) electrons. The van der Waals surface area contributed by atoms with Gasteiger partial charge in [0.2, 0.25) is 0 Å². The fourth-order valence-electron chi connectivity index (χ4n) is 1.53. The van der Waals surface area contributed by atoms with Gasteiger partial charge in [-0.3, -0.25) is 4.79 Å². The summed E-state index contributed by atoms with van der Waals surface area (Å²) >= 11 is 0. The van der Waals surface area contributed by atoms with Crippen molar-refractivity contribution >= 4 is 5.78 Å². The van der Waals surface area contributed by atoms with E-state index in [0.29, 0.717) is 6.61 Å². The summed E-state index contributed by atoms with van der Waals surface area (Å²) in [7, 11) is 1.65. The van der Waals surface area contributed by atoms with E-state index in [9.17, 15) is 4.79 Å². The molecule has 0 aromatic carbocycles. The van der Waals surface area contributed by atoms with Crippen LogP contribution in [0.4, 0.5) is 0 Å². The maximum absolute atomic E-state index is 12.0. The van der Waals surface area contributed by atoms with Crippen LogP contribution < -0.4 is 0 Å².